The van der Waals surface area contributed by atoms with Crippen molar-refractivity contribution < 1.29 is 4.74 Å². The third kappa shape index (κ3) is 5.22. The van der Waals surface area contributed by atoms with Crippen molar-refractivity contribution in [2.75, 3.05) is 32.6 Å². The molecule has 2 rings (SSSR count). The molecule has 0 heterocycles. The molecule has 22 heavy (non-hydrogen) atoms. The molecule has 0 radical (unpaired) electrons. The fourth-order valence-electron chi connectivity index (χ4n) is 2.89. The molecule has 3 N–H and O–H groups in total. The number of nitrogens with zero attached hydrogens (tertiary/aromatic N) is 2. The van der Waals surface area contributed by atoms with E-state index in [0.717, 1.165) is 30.6 Å². The number of hydrogen-bond donors (Lipinski definition) is 2. The molecule has 0 unspecified atom stereocenters. The van der Waals surface area contributed by atoms with Gasteiger partial charge in [0.25, 0.3) is 0 Å². The Labute approximate surface area is 133 Å². The van der Waals surface area contributed by atoms with Gasteiger partial charge in [-0.15, -0.1) is 0 Å². The van der Waals surface area contributed by atoms with Crippen LogP contribution in [0.2, 0.25) is 0 Å². The minimum atomic E-state index is 0.460. The molecule has 122 valence electrons. The highest BCUT2D eigenvalue weighted by atomic mass is 16.5. The first-order valence-corrected chi connectivity index (χ1v) is 8.10. The van der Waals surface area contributed by atoms with Gasteiger partial charge in [-0.1, -0.05) is 19.3 Å². The van der Waals surface area contributed by atoms with Crippen molar-refractivity contribution in [2.24, 2.45) is 10.7 Å². The monoisotopic (exact) mass is 304 g/mol. The standard InChI is InChI=1S/C17H28N4O/c1-21(15-6-4-3-5-7-15)13-12-19-17(18)20-14-8-10-16(22-2)11-9-14/h8-11,15H,3-7,12-13H2,1-2H3,(H3,18,19,20). The van der Waals surface area contributed by atoms with Gasteiger partial charge >= 0.3 is 0 Å². The minimum Gasteiger partial charge on any atom is -0.497 e. The number of nitrogens with one attached hydrogen (secondary N) is 1. The first-order chi connectivity index (χ1) is 10.7. The lowest BCUT2D eigenvalue weighted by Crippen LogP contribution is -2.35. The molecule has 0 aliphatic heterocycles. The van der Waals surface area contributed by atoms with Crippen molar-refractivity contribution in [3.05, 3.63) is 24.3 Å². The van der Waals surface area contributed by atoms with E-state index in [9.17, 15) is 0 Å². The van der Waals surface area contributed by atoms with E-state index >= 15 is 0 Å². The van der Waals surface area contributed by atoms with Gasteiger partial charge in [-0.3, -0.25) is 4.99 Å². The molecule has 1 aromatic carbocycles. The molecule has 0 spiro atoms. The van der Waals surface area contributed by atoms with Crippen LogP contribution in [0, 0.1) is 0 Å². The van der Waals surface area contributed by atoms with E-state index in [1.54, 1.807) is 7.11 Å². The summed E-state index contributed by atoms with van der Waals surface area (Å²) in [5, 5.41) is 3.10. The molecular formula is C17H28N4O. The second kappa shape index (κ2) is 8.63. The summed E-state index contributed by atoms with van der Waals surface area (Å²) < 4.78 is 5.13. The fraction of sp³-hybridized carbons (Fsp3) is 0.588. The highest BCUT2D eigenvalue weighted by molar-refractivity contribution is 5.92. The molecule has 0 amide bonds. The topological polar surface area (TPSA) is 62.9 Å². The molecule has 0 atom stereocenters. The van der Waals surface area contributed by atoms with Gasteiger partial charge in [0.2, 0.25) is 0 Å². The summed E-state index contributed by atoms with van der Waals surface area (Å²) in [6, 6.07) is 8.36. The number of nitrogens with two attached hydrogens (primary N) is 1. The van der Waals surface area contributed by atoms with Crippen LogP contribution in [0.5, 0.6) is 5.75 Å². The van der Waals surface area contributed by atoms with Gasteiger partial charge in [-0.05, 0) is 44.2 Å². The molecule has 1 aliphatic carbocycles. The first kappa shape index (κ1) is 16.6. The molecule has 0 bridgehead atoms. The Kier molecular flexibility index (Phi) is 6.52. The van der Waals surface area contributed by atoms with Gasteiger partial charge in [0.1, 0.15) is 5.75 Å². The van der Waals surface area contributed by atoms with Crippen molar-refractivity contribution in [3.63, 3.8) is 0 Å². The minimum absolute atomic E-state index is 0.460. The molecular weight excluding hydrogens is 276 g/mol. The largest absolute Gasteiger partial charge is 0.497 e. The Bertz CT molecular complexity index is 466. The number of benzene rings is 1. The van der Waals surface area contributed by atoms with E-state index in [-0.39, 0.29) is 0 Å². The van der Waals surface area contributed by atoms with Crippen molar-refractivity contribution in [3.8, 4) is 5.75 Å². The lowest BCUT2D eigenvalue weighted by Gasteiger charge is -2.30. The number of hydrogen-bond acceptors (Lipinski definition) is 3. The Morgan fingerprint density at radius 2 is 1.95 bits per heavy atom. The van der Waals surface area contributed by atoms with E-state index < -0.39 is 0 Å². The third-order valence-corrected chi connectivity index (χ3v) is 4.30. The molecule has 0 aromatic heterocycles. The van der Waals surface area contributed by atoms with Crippen LogP contribution in [0.15, 0.2) is 29.3 Å². The number of anilines is 1. The maximum atomic E-state index is 5.93. The Balaban J connectivity index is 1.74. The Hall–Kier alpha value is -1.75. The third-order valence-electron chi connectivity index (χ3n) is 4.30. The lowest BCUT2D eigenvalue weighted by molar-refractivity contribution is 0.196. The molecule has 1 aromatic rings. The van der Waals surface area contributed by atoms with Gasteiger partial charge < -0.3 is 20.7 Å². The summed E-state index contributed by atoms with van der Waals surface area (Å²) in [5.41, 5.74) is 6.85. The normalized spacial score (nSPS) is 16.8. The maximum Gasteiger partial charge on any atom is 0.193 e. The summed E-state index contributed by atoms with van der Waals surface area (Å²) in [5.74, 6) is 1.29. The smallest absolute Gasteiger partial charge is 0.193 e. The van der Waals surface area contributed by atoms with Crippen LogP contribution >= 0.6 is 0 Å². The highest BCUT2D eigenvalue weighted by Crippen LogP contribution is 2.21. The average molecular weight is 304 g/mol. The van der Waals surface area contributed by atoms with Crippen LogP contribution in [-0.2, 0) is 0 Å². The van der Waals surface area contributed by atoms with Crippen LogP contribution in [0.1, 0.15) is 32.1 Å². The number of methoxy groups -OCH3 is 1. The summed E-state index contributed by atoms with van der Waals surface area (Å²) in [6.45, 7) is 1.68. The van der Waals surface area contributed by atoms with Crippen molar-refractivity contribution in [1.82, 2.24) is 4.90 Å². The summed E-state index contributed by atoms with van der Waals surface area (Å²) in [4.78, 5) is 6.83. The first-order valence-electron chi connectivity index (χ1n) is 8.10. The second-order valence-corrected chi connectivity index (χ2v) is 5.89. The van der Waals surface area contributed by atoms with Crippen LogP contribution < -0.4 is 15.8 Å². The predicted octanol–water partition coefficient (Wildman–Crippen LogP) is 2.69. The van der Waals surface area contributed by atoms with Gasteiger partial charge in [0.05, 0.1) is 13.7 Å². The average Bonchev–Trinajstić information content (AvgIpc) is 2.56. The van der Waals surface area contributed by atoms with Gasteiger partial charge in [-0.25, -0.2) is 0 Å². The van der Waals surface area contributed by atoms with Gasteiger partial charge in [-0.2, -0.15) is 0 Å². The number of guanidine groups is 1. The molecule has 5 nitrogen and oxygen atoms in total. The zero-order valence-corrected chi connectivity index (χ0v) is 13.7. The quantitative estimate of drug-likeness (QED) is 0.626. The number of ether oxygens (including phenoxy) is 1. The Morgan fingerprint density at radius 3 is 2.59 bits per heavy atom. The summed E-state index contributed by atoms with van der Waals surface area (Å²) in [6.07, 6.45) is 6.75. The van der Waals surface area contributed by atoms with Crippen LogP contribution in [0.25, 0.3) is 0 Å². The van der Waals surface area contributed by atoms with E-state index in [0.29, 0.717) is 5.96 Å². The van der Waals surface area contributed by atoms with Crippen LogP contribution in [-0.4, -0.2) is 44.1 Å². The van der Waals surface area contributed by atoms with E-state index in [4.69, 9.17) is 10.5 Å². The lowest BCUT2D eigenvalue weighted by atomic mass is 9.94. The van der Waals surface area contributed by atoms with Gasteiger partial charge in [0.15, 0.2) is 5.96 Å². The van der Waals surface area contributed by atoms with Crippen molar-refractivity contribution in [1.29, 1.82) is 0 Å². The van der Waals surface area contributed by atoms with Crippen molar-refractivity contribution in [2.45, 2.75) is 38.1 Å². The SMILES string of the molecule is COc1ccc(NC(N)=NCCN(C)C2CCCCC2)cc1. The summed E-state index contributed by atoms with van der Waals surface area (Å²) >= 11 is 0. The van der Waals surface area contributed by atoms with E-state index in [2.05, 4.69) is 22.3 Å². The zero-order chi connectivity index (χ0) is 15.8. The van der Waals surface area contributed by atoms with Crippen molar-refractivity contribution >= 4 is 11.6 Å². The van der Waals surface area contributed by atoms with E-state index in [1.807, 2.05) is 24.3 Å². The molecule has 1 saturated carbocycles. The molecule has 1 aliphatic rings. The zero-order valence-electron chi connectivity index (χ0n) is 13.7. The molecule has 0 saturated heterocycles. The molecule has 1 fully saturated rings. The maximum absolute atomic E-state index is 5.93. The number of aliphatic imine (C=N–C) groups is 1. The van der Waals surface area contributed by atoms with Gasteiger partial charge in [0, 0.05) is 18.3 Å². The second-order valence-electron chi connectivity index (χ2n) is 5.89. The van der Waals surface area contributed by atoms with Crippen LogP contribution in [0.4, 0.5) is 5.69 Å². The van der Waals surface area contributed by atoms with Crippen LogP contribution in [0.3, 0.4) is 0 Å². The number of likely N-dealkylation sites (N-methyl/N-ethyl adjacent to an activating group) is 1. The summed E-state index contributed by atoms with van der Waals surface area (Å²) in [7, 11) is 3.85. The Morgan fingerprint density at radius 1 is 1.27 bits per heavy atom. The molecule has 5 heteroatoms. The fourth-order valence-corrected chi connectivity index (χ4v) is 2.89. The number of rotatable bonds is 6. The highest BCUT2D eigenvalue weighted by Gasteiger charge is 2.17. The predicted molar refractivity (Wildman–Crippen MR) is 92.6 cm³/mol. The van der Waals surface area contributed by atoms with E-state index in [1.165, 1.54) is 32.1 Å².